The molecule has 106 valence electrons. The number of aliphatic hydroxyl groups is 1. The Labute approximate surface area is 110 Å². The van der Waals surface area contributed by atoms with E-state index in [1.54, 1.807) is 6.92 Å². The fraction of sp³-hybridized carbons (Fsp3) is 0.643. The first kappa shape index (κ1) is 14.3. The molecule has 19 heavy (non-hydrogen) atoms. The number of hydrogen-bond acceptors (Lipinski definition) is 2. The van der Waals surface area contributed by atoms with Crippen molar-refractivity contribution in [3.8, 4) is 0 Å². The van der Waals surface area contributed by atoms with Gasteiger partial charge in [-0.25, -0.2) is 0 Å². The van der Waals surface area contributed by atoms with Gasteiger partial charge in [0.2, 0.25) is 0 Å². The zero-order chi connectivity index (χ0) is 14.3. The van der Waals surface area contributed by atoms with Crippen molar-refractivity contribution in [2.75, 3.05) is 0 Å². The third-order valence-corrected chi connectivity index (χ3v) is 4.16. The van der Waals surface area contributed by atoms with Crippen LogP contribution in [0.1, 0.15) is 44.2 Å². The van der Waals surface area contributed by atoms with Crippen LogP contribution in [0.2, 0.25) is 0 Å². The van der Waals surface area contributed by atoms with Crippen molar-refractivity contribution in [2.45, 2.75) is 44.9 Å². The minimum atomic E-state index is -4.46. The van der Waals surface area contributed by atoms with Gasteiger partial charge in [-0.3, -0.25) is 4.98 Å². The maximum atomic E-state index is 13.1. The molecule has 1 aromatic heterocycles. The third kappa shape index (κ3) is 2.61. The molecule has 0 amide bonds. The first-order valence-electron chi connectivity index (χ1n) is 6.49. The highest BCUT2D eigenvalue weighted by molar-refractivity contribution is 5.32. The van der Waals surface area contributed by atoms with Gasteiger partial charge in [0.15, 0.2) is 0 Å². The van der Waals surface area contributed by atoms with Gasteiger partial charge in [0.1, 0.15) is 0 Å². The van der Waals surface area contributed by atoms with Gasteiger partial charge < -0.3 is 5.11 Å². The number of pyridine rings is 1. The van der Waals surface area contributed by atoms with Crippen molar-refractivity contribution in [1.29, 1.82) is 0 Å². The summed E-state index contributed by atoms with van der Waals surface area (Å²) >= 11 is 0. The van der Waals surface area contributed by atoms with E-state index in [4.69, 9.17) is 0 Å². The van der Waals surface area contributed by atoms with Crippen LogP contribution < -0.4 is 0 Å². The van der Waals surface area contributed by atoms with Gasteiger partial charge in [-0.1, -0.05) is 20.3 Å². The molecule has 3 unspecified atom stereocenters. The van der Waals surface area contributed by atoms with Gasteiger partial charge in [0.25, 0.3) is 0 Å². The van der Waals surface area contributed by atoms with Gasteiger partial charge in [0.05, 0.1) is 11.2 Å². The number of halogens is 3. The van der Waals surface area contributed by atoms with E-state index < -0.39 is 17.3 Å². The lowest BCUT2D eigenvalue weighted by Crippen LogP contribution is -2.40. The van der Waals surface area contributed by atoms with Crippen LogP contribution >= 0.6 is 0 Å². The number of alkyl halides is 3. The molecule has 0 spiro atoms. The predicted octanol–water partition coefficient (Wildman–Crippen LogP) is 3.74. The highest BCUT2D eigenvalue weighted by Crippen LogP contribution is 2.47. The second kappa shape index (κ2) is 4.78. The highest BCUT2D eigenvalue weighted by atomic mass is 19.4. The van der Waals surface area contributed by atoms with Crippen molar-refractivity contribution in [3.05, 3.63) is 29.6 Å². The molecule has 1 fully saturated rings. The van der Waals surface area contributed by atoms with Crippen molar-refractivity contribution in [2.24, 2.45) is 11.8 Å². The van der Waals surface area contributed by atoms with Gasteiger partial charge >= 0.3 is 6.18 Å². The van der Waals surface area contributed by atoms with Crippen LogP contribution in [0.3, 0.4) is 0 Å². The molecule has 0 saturated heterocycles. The molecule has 5 heteroatoms. The van der Waals surface area contributed by atoms with E-state index >= 15 is 0 Å². The number of rotatable bonds is 1. The second-order valence-corrected chi connectivity index (χ2v) is 5.63. The molecule has 0 bridgehead atoms. The zero-order valence-corrected chi connectivity index (χ0v) is 11.0. The quantitative estimate of drug-likeness (QED) is 0.845. The summed E-state index contributed by atoms with van der Waals surface area (Å²) in [7, 11) is 0. The molecule has 2 nitrogen and oxygen atoms in total. The third-order valence-electron chi connectivity index (χ3n) is 4.16. The van der Waals surface area contributed by atoms with Crippen LogP contribution in [0.15, 0.2) is 18.5 Å². The number of hydrogen-bond donors (Lipinski definition) is 1. The Balaban J connectivity index is 2.51. The molecule has 1 aromatic rings. The van der Waals surface area contributed by atoms with E-state index in [0.29, 0.717) is 6.42 Å². The molecule has 1 aliphatic rings. The molecular weight excluding hydrogens is 255 g/mol. The Bertz CT molecular complexity index is 460. The summed E-state index contributed by atoms with van der Waals surface area (Å²) in [5.74, 6) is 0.0106. The Morgan fingerprint density at radius 3 is 2.63 bits per heavy atom. The smallest absolute Gasteiger partial charge is 0.385 e. The van der Waals surface area contributed by atoms with Crippen LogP contribution in [-0.4, -0.2) is 10.1 Å². The van der Waals surface area contributed by atoms with E-state index in [9.17, 15) is 18.3 Å². The molecule has 2 rings (SSSR count). The van der Waals surface area contributed by atoms with Crippen LogP contribution in [0.25, 0.3) is 0 Å². The maximum Gasteiger partial charge on any atom is 0.416 e. The largest absolute Gasteiger partial charge is 0.416 e. The first-order chi connectivity index (χ1) is 8.75. The Morgan fingerprint density at radius 1 is 1.32 bits per heavy atom. The van der Waals surface area contributed by atoms with Crippen LogP contribution in [-0.2, 0) is 11.8 Å². The zero-order valence-electron chi connectivity index (χ0n) is 11.0. The fourth-order valence-corrected chi connectivity index (χ4v) is 2.97. The summed E-state index contributed by atoms with van der Waals surface area (Å²) < 4.78 is 39.2. The minimum absolute atomic E-state index is 0.0819. The van der Waals surface area contributed by atoms with E-state index in [1.807, 2.05) is 6.92 Å². The average molecular weight is 273 g/mol. The SMILES string of the molecule is CC1CCC(C)C(O)(c2cnccc2C(F)(F)F)C1. The van der Waals surface area contributed by atoms with Gasteiger partial charge in [-0.05, 0) is 30.7 Å². The van der Waals surface area contributed by atoms with Crippen LogP contribution in [0.5, 0.6) is 0 Å². The van der Waals surface area contributed by atoms with E-state index in [0.717, 1.165) is 31.3 Å². The lowest BCUT2D eigenvalue weighted by atomic mass is 9.68. The maximum absolute atomic E-state index is 13.1. The summed E-state index contributed by atoms with van der Waals surface area (Å²) in [6.45, 7) is 3.76. The monoisotopic (exact) mass is 273 g/mol. The molecular formula is C14H18F3NO. The van der Waals surface area contributed by atoms with Crippen molar-refractivity contribution >= 4 is 0 Å². The summed E-state index contributed by atoms with van der Waals surface area (Å²) in [6.07, 6.45) is -0.170. The lowest BCUT2D eigenvalue weighted by Gasteiger charge is -2.42. The second-order valence-electron chi connectivity index (χ2n) is 5.63. The van der Waals surface area contributed by atoms with Gasteiger partial charge in [-0.15, -0.1) is 0 Å². The molecule has 1 aliphatic carbocycles. The van der Waals surface area contributed by atoms with Gasteiger partial charge in [-0.2, -0.15) is 13.2 Å². The first-order valence-corrected chi connectivity index (χ1v) is 6.49. The van der Waals surface area contributed by atoms with E-state index in [-0.39, 0.29) is 17.4 Å². The van der Waals surface area contributed by atoms with Crippen molar-refractivity contribution in [1.82, 2.24) is 4.98 Å². The minimum Gasteiger partial charge on any atom is -0.385 e. The number of aromatic nitrogens is 1. The molecule has 1 N–H and O–H groups in total. The molecule has 0 radical (unpaired) electrons. The van der Waals surface area contributed by atoms with Crippen molar-refractivity contribution < 1.29 is 18.3 Å². The fourth-order valence-electron chi connectivity index (χ4n) is 2.97. The number of nitrogens with zero attached hydrogens (tertiary/aromatic N) is 1. The Hall–Kier alpha value is -1.10. The van der Waals surface area contributed by atoms with Crippen molar-refractivity contribution in [3.63, 3.8) is 0 Å². The van der Waals surface area contributed by atoms with Crippen LogP contribution in [0, 0.1) is 11.8 Å². The lowest BCUT2D eigenvalue weighted by molar-refractivity contribution is -0.144. The molecule has 3 atom stereocenters. The van der Waals surface area contributed by atoms with E-state index in [2.05, 4.69) is 4.98 Å². The Morgan fingerprint density at radius 2 is 2.00 bits per heavy atom. The van der Waals surface area contributed by atoms with E-state index in [1.165, 1.54) is 0 Å². The van der Waals surface area contributed by atoms with Gasteiger partial charge in [0, 0.05) is 18.0 Å². The standard InChI is InChI=1S/C14H18F3NO/c1-9-3-4-10(2)13(19,7-9)12-8-18-6-5-11(12)14(15,16)17/h5-6,8-10,19H,3-4,7H2,1-2H3. The summed E-state index contributed by atoms with van der Waals surface area (Å²) in [5, 5.41) is 10.8. The molecule has 0 aromatic carbocycles. The molecule has 1 saturated carbocycles. The van der Waals surface area contributed by atoms with Crippen LogP contribution in [0.4, 0.5) is 13.2 Å². The summed E-state index contributed by atoms with van der Waals surface area (Å²) in [6, 6.07) is 0.944. The normalized spacial score (nSPS) is 32.3. The summed E-state index contributed by atoms with van der Waals surface area (Å²) in [4.78, 5) is 3.78. The highest BCUT2D eigenvalue weighted by Gasteiger charge is 2.46. The average Bonchev–Trinajstić information content (AvgIpc) is 2.33. The molecule has 0 aliphatic heterocycles. The summed E-state index contributed by atoms with van der Waals surface area (Å²) in [5.41, 5.74) is -2.29. The topological polar surface area (TPSA) is 33.1 Å². The molecule has 1 heterocycles. The predicted molar refractivity (Wildman–Crippen MR) is 65.3 cm³/mol. The Kier molecular flexibility index (Phi) is 3.60.